The highest BCUT2D eigenvalue weighted by Gasteiger charge is 2.58. The fourth-order valence-electron chi connectivity index (χ4n) is 10.00. The zero-order valence-corrected chi connectivity index (χ0v) is 26.1. The minimum atomic E-state index is 0.168. The van der Waals surface area contributed by atoms with E-state index in [0.29, 0.717) is 16.9 Å². The van der Waals surface area contributed by atoms with Gasteiger partial charge in [-0.25, -0.2) is 0 Å². The summed E-state index contributed by atoms with van der Waals surface area (Å²) in [6.45, 7) is 24.4. The van der Waals surface area contributed by atoms with E-state index >= 15 is 0 Å². The third kappa shape index (κ3) is 6.28. The molecule has 212 valence electrons. The van der Waals surface area contributed by atoms with Crippen molar-refractivity contribution in [3.05, 3.63) is 24.3 Å². The summed E-state index contributed by atoms with van der Waals surface area (Å²) in [7, 11) is 0. The number of allylic oxidation sites excluding steroid dienone is 2. The van der Waals surface area contributed by atoms with Crippen molar-refractivity contribution in [3.8, 4) is 0 Å². The molecule has 4 rings (SSSR count). The Morgan fingerprint density at radius 3 is 2.49 bits per heavy atom. The van der Waals surface area contributed by atoms with Crippen LogP contribution in [0.2, 0.25) is 0 Å². The maximum absolute atomic E-state index is 6.65. The molecular weight excluding hydrogens is 448 g/mol. The molecule has 4 aliphatic rings. The SMILES string of the molecule is C=CC(C)(C)CC(C)(C)COC1CCC2(C)C(=CCC3C2CCC2(C)C(CCCCC(C)C)CCC32)C1. The second kappa shape index (κ2) is 11.1. The number of unbranched alkanes of at least 4 members (excludes halogenated alkanes) is 1. The molecule has 0 aliphatic heterocycles. The lowest BCUT2D eigenvalue weighted by atomic mass is 9.47. The zero-order chi connectivity index (χ0) is 27.1. The second-order valence-corrected chi connectivity index (χ2v) is 16.5. The lowest BCUT2D eigenvalue weighted by molar-refractivity contribution is -0.0683. The molecular formula is C36H62O. The Morgan fingerprint density at radius 1 is 1.03 bits per heavy atom. The fourth-order valence-corrected chi connectivity index (χ4v) is 10.00. The monoisotopic (exact) mass is 510 g/mol. The first-order chi connectivity index (χ1) is 17.3. The van der Waals surface area contributed by atoms with Gasteiger partial charge in [-0.15, -0.1) is 6.58 Å². The number of fused-ring (bicyclic) bond motifs is 5. The maximum atomic E-state index is 6.65. The van der Waals surface area contributed by atoms with Crippen LogP contribution in [0.25, 0.3) is 0 Å². The molecule has 1 heteroatoms. The normalized spacial score (nSPS) is 38.1. The van der Waals surface area contributed by atoms with Crippen LogP contribution in [-0.4, -0.2) is 12.7 Å². The Hall–Kier alpha value is -0.560. The van der Waals surface area contributed by atoms with Gasteiger partial charge in [0.2, 0.25) is 0 Å². The molecule has 4 aliphatic carbocycles. The second-order valence-electron chi connectivity index (χ2n) is 16.5. The summed E-state index contributed by atoms with van der Waals surface area (Å²) in [6, 6.07) is 0. The van der Waals surface area contributed by atoms with E-state index in [0.717, 1.165) is 42.6 Å². The van der Waals surface area contributed by atoms with E-state index in [1.807, 2.05) is 0 Å². The third-order valence-electron chi connectivity index (χ3n) is 12.0. The standard InChI is InChI=1S/C36H62O/c1-10-33(4,5)24-34(6,7)25-37-29-19-21-36(9)28(23-29)15-17-30-31-18-16-27(14-12-11-13-26(2)3)35(31,8)22-20-32(30)36/h10,15,26-27,29-32H,1,11-14,16-25H2,2-9H3. The van der Waals surface area contributed by atoms with Crippen LogP contribution in [-0.2, 0) is 4.74 Å². The molecule has 0 radical (unpaired) electrons. The van der Waals surface area contributed by atoms with E-state index in [-0.39, 0.29) is 10.8 Å². The Labute approximate surface area is 231 Å². The van der Waals surface area contributed by atoms with Gasteiger partial charge < -0.3 is 4.74 Å². The minimum Gasteiger partial charge on any atom is -0.377 e. The van der Waals surface area contributed by atoms with Crippen LogP contribution >= 0.6 is 0 Å². The van der Waals surface area contributed by atoms with Gasteiger partial charge in [0.05, 0.1) is 12.7 Å². The summed E-state index contributed by atoms with van der Waals surface area (Å²) in [6.07, 6.45) is 23.3. The lowest BCUT2D eigenvalue weighted by Crippen LogP contribution is -2.50. The van der Waals surface area contributed by atoms with Crippen LogP contribution in [0.4, 0.5) is 0 Å². The maximum Gasteiger partial charge on any atom is 0.0613 e. The summed E-state index contributed by atoms with van der Waals surface area (Å²) in [5.74, 6) is 4.67. The molecule has 1 nitrogen and oxygen atoms in total. The summed E-state index contributed by atoms with van der Waals surface area (Å²) < 4.78 is 6.65. The predicted molar refractivity (Wildman–Crippen MR) is 161 cm³/mol. The Balaban J connectivity index is 1.36. The molecule has 0 aromatic rings. The lowest BCUT2D eigenvalue weighted by Gasteiger charge is -2.58. The fraction of sp³-hybridized carbons (Fsp3) is 0.889. The molecule has 0 N–H and O–H groups in total. The van der Waals surface area contributed by atoms with Crippen molar-refractivity contribution in [2.75, 3.05) is 6.61 Å². The van der Waals surface area contributed by atoms with E-state index in [4.69, 9.17) is 4.74 Å². The van der Waals surface area contributed by atoms with E-state index in [1.165, 1.54) is 77.0 Å². The largest absolute Gasteiger partial charge is 0.377 e. The van der Waals surface area contributed by atoms with Crippen LogP contribution in [0.15, 0.2) is 24.3 Å². The van der Waals surface area contributed by atoms with E-state index < -0.39 is 0 Å². The van der Waals surface area contributed by atoms with Gasteiger partial charge in [0.1, 0.15) is 0 Å². The highest BCUT2D eigenvalue weighted by atomic mass is 16.5. The Bertz CT molecular complexity index is 817. The Morgan fingerprint density at radius 2 is 1.78 bits per heavy atom. The topological polar surface area (TPSA) is 9.23 Å². The number of hydrogen-bond donors (Lipinski definition) is 0. The van der Waals surface area contributed by atoms with Gasteiger partial charge in [-0.2, -0.15) is 0 Å². The molecule has 37 heavy (non-hydrogen) atoms. The molecule has 7 unspecified atom stereocenters. The van der Waals surface area contributed by atoms with Crippen molar-refractivity contribution in [1.82, 2.24) is 0 Å². The smallest absolute Gasteiger partial charge is 0.0613 e. The molecule has 0 amide bonds. The van der Waals surface area contributed by atoms with Crippen molar-refractivity contribution in [2.24, 2.45) is 51.2 Å². The predicted octanol–water partition coefficient (Wildman–Crippen LogP) is 10.8. The molecule has 0 saturated heterocycles. The molecule has 0 heterocycles. The zero-order valence-electron chi connectivity index (χ0n) is 26.1. The van der Waals surface area contributed by atoms with E-state index in [9.17, 15) is 0 Å². The van der Waals surface area contributed by atoms with Crippen LogP contribution in [0.3, 0.4) is 0 Å². The summed E-state index contributed by atoms with van der Waals surface area (Å²) in [5, 5.41) is 0. The summed E-state index contributed by atoms with van der Waals surface area (Å²) >= 11 is 0. The van der Waals surface area contributed by atoms with Crippen molar-refractivity contribution >= 4 is 0 Å². The van der Waals surface area contributed by atoms with Gasteiger partial charge in [-0.1, -0.05) is 92.4 Å². The van der Waals surface area contributed by atoms with Crippen molar-refractivity contribution < 1.29 is 4.74 Å². The van der Waals surface area contributed by atoms with Crippen molar-refractivity contribution in [1.29, 1.82) is 0 Å². The molecule has 3 fully saturated rings. The molecule has 7 atom stereocenters. The van der Waals surface area contributed by atoms with Gasteiger partial charge in [0, 0.05) is 0 Å². The van der Waals surface area contributed by atoms with Crippen LogP contribution in [0, 0.1) is 51.2 Å². The summed E-state index contributed by atoms with van der Waals surface area (Å²) in [5.41, 5.74) is 3.17. The third-order valence-corrected chi connectivity index (χ3v) is 12.0. The first-order valence-corrected chi connectivity index (χ1v) is 16.2. The van der Waals surface area contributed by atoms with Gasteiger partial charge in [-0.3, -0.25) is 0 Å². The molecule has 0 spiro atoms. The van der Waals surface area contributed by atoms with Crippen LogP contribution in [0.1, 0.15) is 139 Å². The van der Waals surface area contributed by atoms with Crippen LogP contribution < -0.4 is 0 Å². The molecule has 0 aromatic carbocycles. The number of rotatable bonds is 11. The highest BCUT2D eigenvalue weighted by molar-refractivity contribution is 5.25. The molecule has 0 bridgehead atoms. The Kier molecular flexibility index (Phi) is 8.86. The van der Waals surface area contributed by atoms with Crippen molar-refractivity contribution in [3.63, 3.8) is 0 Å². The van der Waals surface area contributed by atoms with Gasteiger partial charge in [0.25, 0.3) is 0 Å². The van der Waals surface area contributed by atoms with Crippen molar-refractivity contribution in [2.45, 2.75) is 145 Å². The first-order valence-electron chi connectivity index (χ1n) is 16.2. The quantitative estimate of drug-likeness (QED) is 0.198. The van der Waals surface area contributed by atoms with Gasteiger partial charge >= 0.3 is 0 Å². The molecule has 3 saturated carbocycles. The minimum absolute atomic E-state index is 0.168. The average molecular weight is 511 g/mol. The number of hydrogen-bond acceptors (Lipinski definition) is 1. The molecule has 0 aromatic heterocycles. The van der Waals surface area contributed by atoms with E-state index in [2.05, 4.69) is 74.1 Å². The first kappa shape index (κ1) is 29.4. The summed E-state index contributed by atoms with van der Waals surface area (Å²) in [4.78, 5) is 0. The van der Waals surface area contributed by atoms with Gasteiger partial charge in [-0.05, 0) is 115 Å². The number of ether oxygens (including phenoxy) is 1. The van der Waals surface area contributed by atoms with Gasteiger partial charge in [0.15, 0.2) is 0 Å². The van der Waals surface area contributed by atoms with Crippen LogP contribution in [0.5, 0.6) is 0 Å². The highest BCUT2D eigenvalue weighted by Crippen LogP contribution is 2.66. The average Bonchev–Trinajstić information content (AvgIpc) is 3.16. The van der Waals surface area contributed by atoms with E-state index in [1.54, 1.807) is 5.57 Å².